The summed E-state index contributed by atoms with van der Waals surface area (Å²) in [5.74, 6) is 0.285. The zero-order valence-corrected chi connectivity index (χ0v) is 15.0. The van der Waals surface area contributed by atoms with Gasteiger partial charge in [-0.1, -0.05) is 35.9 Å². The Morgan fingerprint density at radius 3 is 2.00 bits per heavy atom. The van der Waals surface area contributed by atoms with E-state index in [-0.39, 0.29) is 23.3 Å². The molecule has 0 atom stereocenters. The summed E-state index contributed by atoms with van der Waals surface area (Å²) in [4.78, 5) is 23.9. The molecule has 2 amide bonds. The van der Waals surface area contributed by atoms with Gasteiger partial charge in [-0.15, -0.1) is 11.8 Å². The van der Waals surface area contributed by atoms with Crippen LogP contribution in [0, 0.1) is 20.8 Å². The number of para-hydroxylation sites is 1. The van der Waals surface area contributed by atoms with Crippen molar-refractivity contribution < 1.29 is 9.59 Å². The molecule has 0 radical (unpaired) electrons. The van der Waals surface area contributed by atoms with Crippen molar-refractivity contribution >= 4 is 35.0 Å². The molecule has 2 rings (SSSR count). The topological polar surface area (TPSA) is 58.2 Å². The minimum absolute atomic E-state index is 0.0948. The number of rotatable bonds is 6. The highest BCUT2D eigenvalue weighted by molar-refractivity contribution is 8.00. The molecule has 0 saturated heterocycles. The van der Waals surface area contributed by atoms with Crippen molar-refractivity contribution in [2.24, 2.45) is 0 Å². The van der Waals surface area contributed by atoms with Crippen molar-refractivity contribution in [3.8, 4) is 0 Å². The second-order valence-electron chi connectivity index (χ2n) is 5.73. The molecule has 0 aliphatic carbocycles. The largest absolute Gasteiger partial charge is 0.325 e. The lowest BCUT2D eigenvalue weighted by molar-refractivity contribution is -0.114. The number of anilines is 2. The molecule has 2 aromatic rings. The predicted octanol–water partition coefficient (Wildman–Crippen LogP) is 3.92. The summed E-state index contributed by atoms with van der Waals surface area (Å²) in [6.07, 6.45) is 0. The zero-order chi connectivity index (χ0) is 17.5. The molecule has 4 nitrogen and oxygen atoms in total. The lowest BCUT2D eigenvalue weighted by Gasteiger charge is -2.12. The van der Waals surface area contributed by atoms with Gasteiger partial charge in [0.1, 0.15) is 0 Å². The Morgan fingerprint density at radius 1 is 0.875 bits per heavy atom. The molecule has 0 bridgehead atoms. The molecule has 0 heterocycles. The van der Waals surface area contributed by atoms with Crippen molar-refractivity contribution in [2.45, 2.75) is 20.8 Å². The van der Waals surface area contributed by atoms with Gasteiger partial charge in [0, 0.05) is 11.4 Å². The van der Waals surface area contributed by atoms with Gasteiger partial charge in [-0.3, -0.25) is 9.59 Å². The molecule has 0 fully saturated rings. The Labute approximate surface area is 147 Å². The van der Waals surface area contributed by atoms with Gasteiger partial charge >= 0.3 is 0 Å². The highest BCUT2D eigenvalue weighted by atomic mass is 32.2. The predicted molar refractivity (Wildman–Crippen MR) is 102 cm³/mol. The van der Waals surface area contributed by atoms with Crippen molar-refractivity contribution in [1.29, 1.82) is 0 Å². The number of benzene rings is 2. The van der Waals surface area contributed by atoms with E-state index in [1.54, 1.807) is 0 Å². The molecule has 0 aliphatic rings. The molecule has 0 spiro atoms. The molecule has 0 aromatic heterocycles. The average molecular weight is 342 g/mol. The highest BCUT2D eigenvalue weighted by Crippen LogP contribution is 2.22. The SMILES string of the molecule is Cc1cc(C)c(NC(=O)CSCC(=O)Nc2ccccc2)c(C)c1. The molecule has 2 N–H and O–H groups in total. The first kappa shape index (κ1) is 18.1. The van der Waals surface area contributed by atoms with Gasteiger partial charge in [-0.05, 0) is 44.0 Å². The first-order valence-corrected chi connectivity index (χ1v) is 8.91. The molecule has 5 heteroatoms. The van der Waals surface area contributed by atoms with E-state index in [1.807, 2.05) is 63.2 Å². The maximum Gasteiger partial charge on any atom is 0.234 e. The fraction of sp³-hybridized carbons (Fsp3) is 0.263. The molecule has 24 heavy (non-hydrogen) atoms. The zero-order valence-electron chi connectivity index (χ0n) is 14.2. The van der Waals surface area contributed by atoms with Crippen LogP contribution in [0.25, 0.3) is 0 Å². The molecular formula is C19H22N2O2S. The van der Waals surface area contributed by atoms with Crippen LogP contribution in [-0.4, -0.2) is 23.3 Å². The standard InChI is InChI=1S/C19H22N2O2S/c1-13-9-14(2)19(15(3)10-13)21-18(23)12-24-11-17(22)20-16-7-5-4-6-8-16/h4-10H,11-12H2,1-3H3,(H,20,22)(H,21,23). The van der Waals surface area contributed by atoms with Gasteiger partial charge in [0.05, 0.1) is 11.5 Å². The molecule has 0 saturated carbocycles. The van der Waals surface area contributed by atoms with E-state index in [9.17, 15) is 9.59 Å². The van der Waals surface area contributed by atoms with Crippen LogP contribution in [0.5, 0.6) is 0 Å². The Kier molecular flexibility index (Phi) is 6.44. The molecule has 2 aromatic carbocycles. The molecule has 126 valence electrons. The van der Waals surface area contributed by atoms with Crippen LogP contribution < -0.4 is 10.6 Å². The second-order valence-corrected chi connectivity index (χ2v) is 6.71. The second kappa shape index (κ2) is 8.55. The summed E-state index contributed by atoms with van der Waals surface area (Å²) in [6.45, 7) is 6.00. The minimum Gasteiger partial charge on any atom is -0.325 e. The van der Waals surface area contributed by atoms with E-state index in [4.69, 9.17) is 0 Å². The number of nitrogens with one attached hydrogen (secondary N) is 2. The first-order chi connectivity index (χ1) is 11.5. The van der Waals surface area contributed by atoms with Crippen LogP contribution in [0.4, 0.5) is 11.4 Å². The highest BCUT2D eigenvalue weighted by Gasteiger charge is 2.10. The molecular weight excluding hydrogens is 320 g/mol. The van der Waals surface area contributed by atoms with Gasteiger partial charge in [0.2, 0.25) is 11.8 Å². The normalized spacial score (nSPS) is 10.3. The summed E-state index contributed by atoms with van der Waals surface area (Å²) < 4.78 is 0. The maximum atomic E-state index is 12.1. The summed E-state index contributed by atoms with van der Waals surface area (Å²) in [5, 5.41) is 5.74. The van der Waals surface area contributed by atoms with Crippen LogP contribution in [0.1, 0.15) is 16.7 Å². The monoisotopic (exact) mass is 342 g/mol. The fourth-order valence-corrected chi connectivity index (χ4v) is 3.12. The lowest BCUT2D eigenvalue weighted by atomic mass is 10.1. The summed E-state index contributed by atoms with van der Waals surface area (Å²) in [5.41, 5.74) is 4.90. The van der Waals surface area contributed by atoms with E-state index >= 15 is 0 Å². The number of carbonyl (C=O) groups is 2. The van der Waals surface area contributed by atoms with E-state index in [0.717, 1.165) is 22.5 Å². The van der Waals surface area contributed by atoms with Gasteiger partial charge in [0.25, 0.3) is 0 Å². The number of aryl methyl sites for hydroxylation is 3. The number of hydrogen-bond acceptors (Lipinski definition) is 3. The van der Waals surface area contributed by atoms with Crippen LogP contribution in [-0.2, 0) is 9.59 Å². The van der Waals surface area contributed by atoms with Crippen molar-refractivity contribution in [1.82, 2.24) is 0 Å². The van der Waals surface area contributed by atoms with E-state index in [0.29, 0.717) is 0 Å². The van der Waals surface area contributed by atoms with Gasteiger partial charge < -0.3 is 10.6 Å². The van der Waals surface area contributed by atoms with E-state index < -0.39 is 0 Å². The van der Waals surface area contributed by atoms with Gasteiger partial charge in [0.15, 0.2) is 0 Å². The third-order valence-corrected chi connectivity index (χ3v) is 4.40. The third-order valence-electron chi connectivity index (χ3n) is 3.47. The number of amides is 2. The van der Waals surface area contributed by atoms with E-state index in [2.05, 4.69) is 10.6 Å². The summed E-state index contributed by atoms with van der Waals surface area (Å²) in [6, 6.07) is 13.4. The minimum atomic E-state index is -0.110. The molecule has 0 aliphatic heterocycles. The van der Waals surface area contributed by atoms with E-state index in [1.165, 1.54) is 17.3 Å². The Morgan fingerprint density at radius 2 is 1.42 bits per heavy atom. The third kappa shape index (κ3) is 5.42. The maximum absolute atomic E-state index is 12.1. The summed E-state index contributed by atoms with van der Waals surface area (Å²) >= 11 is 1.30. The number of thioether (sulfide) groups is 1. The van der Waals surface area contributed by atoms with Crippen LogP contribution in [0.2, 0.25) is 0 Å². The quantitative estimate of drug-likeness (QED) is 0.836. The summed E-state index contributed by atoms with van der Waals surface area (Å²) in [7, 11) is 0. The lowest BCUT2D eigenvalue weighted by Crippen LogP contribution is -2.19. The van der Waals surface area contributed by atoms with Crippen molar-refractivity contribution in [2.75, 3.05) is 22.1 Å². The number of hydrogen-bond donors (Lipinski definition) is 2. The fourth-order valence-electron chi connectivity index (χ4n) is 2.51. The molecule has 0 unspecified atom stereocenters. The van der Waals surface area contributed by atoms with Crippen LogP contribution in [0.3, 0.4) is 0 Å². The Hall–Kier alpha value is -2.27. The van der Waals surface area contributed by atoms with Gasteiger partial charge in [-0.25, -0.2) is 0 Å². The van der Waals surface area contributed by atoms with Crippen LogP contribution in [0.15, 0.2) is 42.5 Å². The number of carbonyl (C=O) groups excluding carboxylic acids is 2. The van der Waals surface area contributed by atoms with Crippen LogP contribution >= 0.6 is 11.8 Å². The Bertz CT molecular complexity index is 706. The Balaban J connectivity index is 1.78. The first-order valence-electron chi connectivity index (χ1n) is 7.76. The van der Waals surface area contributed by atoms with Crippen molar-refractivity contribution in [3.63, 3.8) is 0 Å². The smallest absolute Gasteiger partial charge is 0.234 e. The average Bonchev–Trinajstić information content (AvgIpc) is 2.52. The van der Waals surface area contributed by atoms with Gasteiger partial charge in [-0.2, -0.15) is 0 Å². The van der Waals surface area contributed by atoms with Crippen molar-refractivity contribution in [3.05, 3.63) is 59.2 Å².